The largest absolute Gasteiger partial charge is 0.497 e. The van der Waals surface area contributed by atoms with Crippen molar-refractivity contribution in [3.8, 4) is 5.75 Å². The molecule has 0 atom stereocenters. The number of anilines is 2. The molecule has 0 saturated heterocycles. The smallest absolute Gasteiger partial charge is 0.282 e. The lowest BCUT2D eigenvalue weighted by Gasteiger charge is -2.19. The van der Waals surface area contributed by atoms with Crippen LogP contribution in [0.1, 0.15) is 31.9 Å². The normalized spacial score (nSPS) is 14.1. The van der Waals surface area contributed by atoms with E-state index in [1.165, 1.54) is 13.2 Å². The van der Waals surface area contributed by atoms with E-state index < -0.39 is 23.4 Å². The van der Waals surface area contributed by atoms with E-state index in [2.05, 4.69) is 26.1 Å². The SMILES string of the molecule is COc1ccc(C2=C(Nc3ccc(C(C)(C)C)cc3)C(=O)N(c3ccc(F)c(F)c3)C2=O)cc1. The van der Waals surface area contributed by atoms with Gasteiger partial charge in [0.2, 0.25) is 0 Å². The monoisotopic (exact) mass is 462 g/mol. The number of carbonyl (C=O) groups excluding carboxylic acids is 2. The Morgan fingerprint density at radius 1 is 0.824 bits per heavy atom. The van der Waals surface area contributed by atoms with Gasteiger partial charge in [-0.05, 0) is 52.9 Å². The van der Waals surface area contributed by atoms with Gasteiger partial charge in [0.05, 0.1) is 18.4 Å². The summed E-state index contributed by atoms with van der Waals surface area (Å²) in [5, 5.41) is 3.07. The van der Waals surface area contributed by atoms with E-state index in [1.807, 2.05) is 24.3 Å². The molecule has 0 spiro atoms. The fourth-order valence-corrected chi connectivity index (χ4v) is 3.73. The molecule has 34 heavy (non-hydrogen) atoms. The van der Waals surface area contributed by atoms with Crippen LogP contribution in [0.15, 0.2) is 72.4 Å². The highest BCUT2D eigenvalue weighted by molar-refractivity contribution is 6.46. The molecule has 2 amide bonds. The van der Waals surface area contributed by atoms with Crippen molar-refractivity contribution in [3.05, 3.63) is 95.2 Å². The summed E-state index contributed by atoms with van der Waals surface area (Å²) in [4.78, 5) is 27.6. The third-order valence-corrected chi connectivity index (χ3v) is 5.64. The standard InChI is InChI=1S/C27H24F2N2O3/c1-27(2,3)17-7-9-18(10-8-17)30-24-23(16-5-12-20(34-4)13-6-16)25(32)31(26(24)33)19-11-14-21(28)22(29)15-19/h5-15,30H,1-4H3. The molecular formula is C27H24F2N2O3. The molecule has 5 nitrogen and oxygen atoms in total. The van der Waals surface area contributed by atoms with E-state index in [4.69, 9.17) is 4.74 Å². The van der Waals surface area contributed by atoms with Crippen molar-refractivity contribution in [1.29, 1.82) is 0 Å². The Labute approximate surface area is 196 Å². The van der Waals surface area contributed by atoms with Crippen molar-refractivity contribution < 1.29 is 23.1 Å². The van der Waals surface area contributed by atoms with Gasteiger partial charge in [0.1, 0.15) is 11.4 Å². The second kappa shape index (κ2) is 8.74. The number of ether oxygens (including phenoxy) is 1. The number of halogens is 2. The van der Waals surface area contributed by atoms with Gasteiger partial charge in [-0.2, -0.15) is 0 Å². The Bertz CT molecular complexity index is 1290. The Hall–Kier alpha value is -4.00. The number of benzene rings is 3. The summed E-state index contributed by atoms with van der Waals surface area (Å²) < 4.78 is 32.6. The molecule has 3 aromatic carbocycles. The quantitative estimate of drug-likeness (QED) is 0.497. The van der Waals surface area contributed by atoms with Crippen molar-refractivity contribution in [2.75, 3.05) is 17.3 Å². The van der Waals surface area contributed by atoms with E-state index in [0.717, 1.165) is 22.6 Å². The summed E-state index contributed by atoms with van der Waals surface area (Å²) in [6, 6.07) is 17.2. The molecule has 1 aliphatic rings. The minimum Gasteiger partial charge on any atom is -0.497 e. The number of nitrogens with one attached hydrogen (secondary N) is 1. The van der Waals surface area contributed by atoms with E-state index in [1.54, 1.807) is 24.3 Å². The lowest BCUT2D eigenvalue weighted by atomic mass is 9.87. The predicted molar refractivity (Wildman–Crippen MR) is 128 cm³/mol. The molecule has 4 rings (SSSR count). The van der Waals surface area contributed by atoms with Gasteiger partial charge in [0.15, 0.2) is 11.6 Å². The average Bonchev–Trinajstić information content (AvgIpc) is 3.05. The van der Waals surface area contributed by atoms with Crippen LogP contribution in [0.5, 0.6) is 5.75 Å². The molecule has 1 heterocycles. The molecule has 0 saturated carbocycles. The predicted octanol–water partition coefficient (Wildman–Crippen LogP) is 5.67. The molecular weight excluding hydrogens is 438 g/mol. The topological polar surface area (TPSA) is 58.6 Å². The van der Waals surface area contributed by atoms with Crippen molar-refractivity contribution in [1.82, 2.24) is 0 Å². The maximum atomic E-state index is 13.9. The lowest BCUT2D eigenvalue weighted by molar-refractivity contribution is -0.120. The lowest BCUT2D eigenvalue weighted by Crippen LogP contribution is -2.32. The van der Waals surface area contributed by atoms with Crippen LogP contribution in [-0.4, -0.2) is 18.9 Å². The maximum Gasteiger partial charge on any atom is 0.282 e. The first-order valence-electron chi connectivity index (χ1n) is 10.7. The number of hydrogen-bond acceptors (Lipinski definition) is 4. The molecule has 0 radical (unpaired) electrons. The van der Waals surface area contributed by atoms with Crippen LogP contribution in [0.25, 0.3) is 5.57 Å². The number of rotatable bonds is 5. The second-order valence-corrected chi connectivity index (χ2v) is 8.97. The zero-order chi connectivity index (χ0) is 24.6. The van der Waals surface area contributed by atoms with Crippen LogP contribution >= 0.6 is 0 Å². The highest BCUT2D eigenvalue weighted by atomic mass is 19.2. The summed E-state index contributed by atoms with van der Waals surface area (Å²) in [6.07, 6.45) is 0. The van der Waals surface area contributed by atoms with Crippen LogP contribution in [-0.2, 0) is 15.0 Å². The van der Waals surface area contributed by atoms with Gasteiger partial charge in [-0.15, -0.1) is 0 Å². The van der Waals surface area contributed by atoms with Gasteiger partial charge in [-0.3, -0.25) is 9.59 Å². The number of methoxy groups -OCH3 is 1. The number of carbonyl (C=O) groups is 2. The molecule has 1 N–H and O–H groups in total. The van der Waals surface area contributed by atoms with Crippen LogP contribution in [0.4, 0.5) is 20.2 Å². The van der Waals surface area contributed by atoms with E-state index in [0.29, 0.717) is 17.0 Å². The minimum atomic E-state index is -1.15. The highest BCUT2D eigenvalue weighted by Gasteiger charge is 2.40. The number of imide groups is 1. The Kier molecular flexibility index (Phi) is 5.96. The first kappa shape index (κ1) is 23.2. The van der Waals surface area contributed by atoms with Crippen LogP contribution in [0.3, 0.4) is 0 Å². The molecule has 0 aliphatic carbocycles. The van der Waals surface area contributed by atoms with Crippen molar-refractivity contribution >= 4 is 28.8 Å². The van der Waals surface area contributed by atoms with Gasteiger partial charge in [-0.25, -0.2) is 13.7 Å². The highest BCUT2D eigenvalue weighted by Crippen LogP contribution is 2.35. The van der Waals surface area contributed by atoms with Gasteiger partial charge in [-0.1, -0.05) is 45.0 Å². The third-order valence-electron chi connectivity index (χ3n) is 5.64. The third kappa shape index (κ3) is 4.29. The molecule has 174 valence electrons. The first-order valence-corrected chi connectivity index (χ1v) is 10.7. The summed E-state index contributed by atoms with van der Waals surface area (Å²) in [5.74, 6) is -2.94. The minimum absolute atomic E-state index is 0.0448. The zero-order valence-electron chi connectivity index (χ0n) is 19.3. The van der Waals surface area contributed by atoms with Gasteiger partial charge in [0, 0.05) is 11.8 Å². The van der Waals surface area contributed by atoms with Gasteiger partial charge in [0.25, 0.3) is 11.8 Å². The molecule has 1 aliphatic heterocycles. The molecule has 7 heteroatoms. The van der Waals surface area contributed by atoms with Crippen molar-refractivity contribution in [3.63, 3.8) is 0 Å². The number of nitrogens with zero attached hydrogens (tertiary/aromatic N) is 1. The Morgan fingerprint density at radius 2 is 1.47 bits per heavy atom. The van der Waals surface area contributed by atoms with Crippen molar-refractivity contribution in [2.24, 2.45) is 0 Å². The Balaban J connectivity index is 1.78. The zero-order valence-corrected chi connectivity index (χ0v) is 19.3. The van der Waals surface area contributed by atoms with Gasteiger partial charge < -0.3 is 10.1 Å². The maximum absolute atomic E-state index is 13.9. The van der Waals surface area contributed by atoms with Crippen LogP contribution in [0, 0.1) is 11.6 Å². The Morgan fingerprint density at radius 3 is 2.03 bits per heavy atom. The van der Waals surface area contributed by atoms with Gasteiger partial charge >= 0.3 is 0 Å². The summed E-state index contributed by atoms with van der Waals surface area (Å²) in [5.41, 5.74) is 2.27. The summed E-state index contributed by atoms with van der Waals surface area (Å²) in [7, 11) is 1.53. The van der Waals surface area contributed by atoms with E-state index in [-0.39, 0.29) is 22.4 Å². The fourth-order valence-electron chi connectivity index (χ4n) is 3.73. The fraction of sp³-hybridized carbons (Fsp3) is 0.185. The number of hydrogen-bond donors (Lipinski definition) is 1. The summed E-state index contributed by atoms with van der Waals surface area (Å²) in [6.45, 7) is 6.29. The molecule has 0 bridgehead atoms. The first-order chi connectivity index (χ1) is 16.1. The molecule has 0 unspecified atom stereocenters. The van der Waals surface area contributed by atoms with Crippen molar-refractivity contribution in [2.45, 2.75) is 26.2 Å². The van der Waals surface area contributed by atoms with Crippen LogP contribution < -0.4 is 15.0 Å². The average molecular weight is 462 g/mol. The molecule has 3 aromatic rings. The second-order valence-electron chi connectivity index (χ2n) is 8.97. The van der Waals surface area contributed by atoms with E-state index in [9.17, 15) is 18.4 Å². The number of amides is 2. The van der Waals surface area contributed by atoms with E-state index >= 15 is 0 Å². The molecule has 0 aromatic heterocycles. The van der Waals surface area contributed by atoms with Crippen LogP contribution in [0.2, 0.25) is 0 Å². The molecule has 0 fully saturated rings. The summed E-state index contributed by atoms with van der Waals surface area (Å²) >= 11 is 0.